The van der Waals surface area contributed by atoms with Gasteiger partial charge in [-0.3, -0.25) is 4.98 Å². The summed E-state index contributed by atoms with van der Waals surface area (Å²) in [4.78, 5) is 6.45. The van der Waals surface area contributed by atoms with Gasteiger partial charge < -0.3 is 15.4 Å². The second kappa shape index (κ2) is 9.07. The van der Waals surface area contributed by atoms with Crippen LogP contribution in [0.1, 0.15) is 32.5 Å². The first-order valence-corrected chi connectivity index (χ1v) is 7.52. The predicted octanol–water partition coefficient (Wildman–Crippen LogP) is 2.46. The second-order valence-electron chi connectivity index (χ2n) is 6.05. The summed E-state index contributed by atoms with van der Waals surface area (Å²) in [7, 11) is 1.71. The first kappa shape index (κ1) is 18.0. The molecule has 0 aliphatic rings. The number of ether oxygens (including phenoxy) is 1. The summed E-state index contributed by atoms with van der Waals surface area (Å²) >= 11 is 0. The lowest BCUT2D eigenvalue weighted by Gasteiger charge is -2.29. The van der Waals surface area contributed by atoms with Crippen molar-refractivity contribution in [3.63, 3.8) is 0 Å². The second-order valence-corrected chi connectivity index (χ2v) is 6.05. The number of nitrogens with zero attached hydrogens (tertiary/aromatic N) is 2. The molecule has 0 aliphatic heterocycles. The molecule has 0 aromatic carbocycles. The van der Waals surface area contributed by atoms with Gasteiger partial charge in [0.25, 0.3) is 0 Å². The molecule has 1 aromatic rings. The maximum atomic E-state index is 12.9. The van der Waals surface area contributed by atoms with Crippen LogP contribution < -0.4 is 5.73 Å². The Hall–Kier alpha value is -1.04. The fourth-order valence-electron chi connectivity index (χ4n) is 2.39. The van der Waals surface area contributed by atoms with Gasteiger partial charge in [0.15, 0.2) is 0 Å². The fraction of sp³-hybridized carbons (Fsp3) is 0.688. The van der Waals surface area contributed by atoms with Gasteiger partial charge in [-0.2, -0.15) is 0 Å². The summed E-state index contributed by atoms with van der Waals surface area (Å²) in [5.74, 6) is 0.493. The van der Waals surface area contributed by atoms with Crippen LogP contribution in [-0.2, 0) is 4.74 Å². The molecule has 1 heterocycles. The van der Waals surface area contributed by atoms with Crippen LogP contribution in [0, 0.1) is 17.7 Å². The Morgan fingerprint density at radius 3 is 2.52 bits per heavy atom. The molecule has 0 saturated carbocycles. The van der Waals surface area contributed by atoms with Crippen molar-refractivity contribution in [3.8, 4) is 0 Å². The molecule has 2 N–H and O–H groups in total. The number of nitrogens with two attached hydrogens (primary N) is 1. The van der Waals surface area contributed by atoms with Crippen molar-refractivity contribution in [1.82, 2.24) is 9.88 Å². The average Bonchev–Trinajstić information content (AvgIpc) is 2.44. The van der Waals surface area contributed by atoms with Crippen molar-refractivity contribution in [2.45, 2.75) is 26.8 Å². The van der Waals surface area contributed by atoms with E-state index in [-0.39, 0.29) is 17.8 Å². The molecule has 0 radical (unpaired) electrons. The predicted molar refractivity (Wildman–Crippen MR) is 83.4 cm³/mol. The lowest BCUT2D eigenvalue weighted by Crippen LogP contribution is -2.37. The molecule has 0 amide bonds. The number of hydrogen-bond acceptors (Lipinski definition) is 4. The molecule has 1 rings (SSSR count). The van der Waals surface area contributed by atoms with Gasteiger partial charge in [-0.05, 0) is 24.0 Å². The van der Waals surface area contributed by atoms with Crippen molar-refractivity contribution in [3.05, 3.63) is 29.8 Å². The third-order valence-corrected chi connectivity index (χ3v) is 3.49. The van der Waals surface area contributed by atoms with E-state index in [1.165, 1.54) is 12.3 Å². The Labute approximate surface area is 127 Å². The van der Waals surface area contributed by atoms with E-state index >= 15 is 0 Å². The van der Waals surface area contributed by atoms with Gasteiger partial charge in [-0.25, -0.2) is 4.39 Å². The summed E-state index contributed by atoms with van der Waals surface area (Å²) in [5.41, 5.74) is 6.99. The maximum absolute atomic E-state index is 12.9. The molecular weight excluding hydrogens is 269 g/mol. The summed E-state index contributed by atoms with van der Waals surface area (Å²) in [6, 6.07) is 2.88. The highest BCUT2D eigenvalue weighted by Crippen LogP contribution is 2.19. The van der Waals surface area contributed by atoms with E-state index in [1.807, 2.05) is 0 Å². The smallest absolute Gasteiger partial charge is 0.141 e. The van der Waals surface area contributed by atoms with E-state index in [0.717, 1.165) is 25.3 Å². The summed E-state index contributed by atoms with van der Waals surface area (Å²) in [6.07, 6.45) is 1.22. The van der Waals surface area contributed by atoms with Crippen LogP contribution in [0.2, 0.25) is 0 Å². The van der Waals surface area contributed by atoms with Crippen LogP contribution in [0.5, 0.6) is 0 Å². The summed E-state index contributed by atoms with van der Waals surface area (Å²) in [6.45, 7) is 10.00. The molecule has 2 atom stereocenters. The zero-order chi connectivity index (χ0) is 15.8. The number of pyridine rings is 1. The van der Waals surface area contributed by atoms with Crippen molar-refractivity contribution in [1.29, 1.82) is 0 Å². The molecule has 0 spiro atoms. The van der Waals surface area contributed by atoms with E-state index < -0.39 is 0 Å². The molecule has 0 fully saturated rings. The first-order chi connectivity index (χ1) is 9.93. The van der Waals surface area contributed by atoms with E-state index in [1.54, 1.807) is 13.2 Å². The molecule has 120 valence electrons. The fourth-order valence-corrected chi connectivity index (χ4v) is 2.39. The Morgan fingerprint density at radius 2 is 2.00 bits per heavy atom. The van der Waals surface area contributed by atoms with Gasteiger partial charge in [-0.15, -0.1) is 0 Å². The average molecular weight is 297 g/mol. The van der Waals surface area contributed by atoms with Crippen LogP contribution in [0.4, 0.5) is 4.39 Å². The molecule has 0 saturated heterocycles. The van der Waals surface area contributed by atoms with E-state index in [0.29, 0.717) is 12.5 Å². The number of rotatable bonds is 9. The highest BCUT2D eigenvalue weighted by molar-refractivity contribution is 5.10. The quantitative estimate of drug-likeness (QED) is 0.761. The lowest BCUT2D eigenvalue weighted by molar-refractivity contribution is 0.126. The SMILES string of the molecule is COCCN(CC(C)C)CC(C)C(N)c1ccc(F)cn1. The van der Waals surface area contributed by atoms with Crippen molar-refractivity contribution < 1.29 is 9.13 Å². The number of hydrogen-bond donors (Lipinski definition) is 1. The number of aromatic nitrogens is 1. The number of methoxy groups -OCH3 is 1. The van der Waals surface area contributed by atoms with Crippen LogP contribution in [0.25, 0.3) is 0 Å². The van der Waals surface area contributed by atoms with Gasteiger partial charge in [0.1, 0.15) is 5.82 Å². The van der Waals surface area contributed by atoms with Gasteiger partial charge >= 0.3 is 0 Å². The molecule has 0 bridgehead atoms. The third-order valence-electron chi connectivity index (χ3n) is 3.49. The molecule has 0 aliphatic carbocycles. The minimum absolute atomic E-state index is 0.192. The Bertz CT molecular complexity index is 397. The molecule has 4 nitrogen and oxygen atoms in total. The molecule has 21 heavy (non-hydrogen) atoms. The zero-order valence-corrected chi connectivity index (χ0v) is 13.6. The Morgan fingerprint density at radius 1 is 1.29 bits per heavy atom. The summed E-state index contributed by atoms with van der Waals surface area (Å²) in [5, 5.41) is 0. The topological polar surface area (TPSA) is 51.4 Å². The van der Waals surface area contributed by atoms with Gasteiger partial charge in [-0.1, -0.05) is 20.8 Å². The largest absolute Gasteiger partial charge is 0.383 e. The minimum Gasteiger partial charge on any atom is -0.383 e. The summed E-state index contributed by atoms with van der Waals surface area (Å²) < 4.78 is 18.1. The third kappa shape index (κ3) is 6.50. The van der Waals surface area contributed by atoms with Crippen LogP contribution in [0.15, 0.2) is 18.3 Å². The van der Waals surface area contributed by atoms with Gasteiger partial charge in [0, 0.05) is 26.7 Å². The van der Waals surface area contributed by atoms with Crippen LogP contribution in [0.3, 0.4) is 0 Å². The van der Waals surface area contributed by atoms with E-state index in [9.17, 15) is 4.39 Å². The molecule has 1 aromatic heterocycles. The molecule has 2 unspecified atom stereocenters. The monoisotopic (exact) mass is 297 g/mol. The van der Waals surface area contributed by atoms with E-state index in [4.69, 9.17) is 10.5 Å². The number of halogens is 1. The van der Waals surface area contributed by atoms with E-state index in [2.05, 4.69) is 30.7 Å². The van der Waals surface area contributed by atoms with Crippen molar-refractivity contribution >= 4 is 0 Å². The highest BCUT2D eigenvalue weighted by atomic mass is 19.1. The Kier molecular flexibility index (Phi) is 7.78. The van der Waals surface area contributed by atoms with Crippen molar-refractivity contribution in [2.24, 2.45) is 17.6 Å². The first-order valence-electron chi connectivity index (χ1n) is 7.52. The zero-order valence-electron chi connectivity index (χ0n) is 13.6. The molecular formula is C16H28FN3O. The van der Waals surface area contributed by atoms with Crippen LogP contribution in [-0.4, -0.2) is 43.2 Å². The van der Waals surface area contributed by atoms with Gasteiger partial charge in [0.2, 0.25) is 0 Å². The maximum Gasteiger partial charge on any atom is 0.141 e. The minimum atomic E-state index is -0.333. The van der Waals surface area contributed by atoms with Crippen LogP contribution >= 0.6 is 0 Å². The standard InChI is InChI=1S/C16H28FN3O/c1-12(2)10-20(7-8-21-4)11-13(3)16(18)15-6-5-14(17)9-19-15/h5-6,9,12-13,16H,7-8,10-11,18H2,1-4H3. The highest BCUT2D eigenvalue weighted by Gasteiger charge is 2.19. The van der Waals surface area contributed by atoms with Gasteiger partial charge in [0.05, 0.1) is 24.5 Å². The normalized spacial score (nSPS) is 14.7. The molecule has 5 heteroatoms. The lowest BCUT2D eigenvalue weighted by atomic mass is 9.98. The van der Waals surface area contributed by atoms with Crippen molar-refractivity contribution in [2.75, 3.05) is 33.4 Å². The Balaban J connectivity index is 2.61.